The van der Waals surface area contributed by atoms with Crippen molar-refractivity contribution in [2.45, 2.75) is 13.0 Å². The lowest BCUT2D eigenvalue weighted by atomic mass is 10.1. The average molecular weight is 342 g/mol. The number of rotatable bonds is 4. The van der Waals surface area contributed by atoms with Crippen molar-refractivity contribution in [1.82, 2.24) is 14.8 Å². The highest BCUT2D eigenvalue weighted by atomic mass is 32.1. The van der Waals surface area contributed by atoms with Gasteiger partial charge in [0, 0.05) is 23.3 Å². The minimum atomic E-state index is -0.405. The maximum atomic E-state index is 12.3. The maximum Gasteiger partial charge on any atom is 0.250 e. The van der Waals surface area contributed by atoms with Crippen molar-refractivity contribution >= 4 is 22.4 Å². The zero-order valence-corrected chi connectivity index (χ0v) is 13.6. The van der Waals surface area contributed by atoms with E-state index in [-0.39, 0.29) is 12.7 Å². The maximum absolute atomic E-state index is 12.3. The molecule has 24 heavy (non-hydrogen) atoms. The summed E-state index contributed by atoms with van der Waals surface area (Å²) in [5.74, 6) is 1.28. The predicted molar refractivity (Wildman–Crippen MR) is 89.2 cm³/mol. The van der Waals surface area contributed by atoms with Gasteiger partial charge in [-0.2, -0.15) is 5.10 Å². The molecule has 1 aromatic carbocycles. The van der Waals surface area contributed by atoms with E-state index < -0.39 is 6.04 Å². The van der Waals surface area contributed by atoms with E-state index in [4.69, 9.17) is 9.47 Å². The van der Waals surface area contributed by atoms with Crippen molar-refractivity contribution in [3.05, 3.63) is 42.0 Å². The van der Waals surface area contributed by atoms with Crippen LogP contribution in [0.3, 0.4) is 0 Å². The second-order valence-corrected chi connectivity index (χ2v) is 6.12. The molecule has 8 heteroatoms. The number of amides is 1. The number of benzene rings is 1. The molecule has 0 saturated carbocycles. The van der Waals surface area contributed by atoms with Crippen LogP contribution in [0, 0.1) is 0 Å². The monoisotopic (exact) mass is 342 g/mol. The largest absolute Gasteiger partial charge is 0.454 e. The second-order valence-electron chi connectivity index (χ2n) is 5.26. The first kappa shape index (κ1) is 14.7. The van der Waals surface area contributed by atoms with Crippen LogP contribution in [0.1, 0.15) is 13.0 Å². The van der Waals surface area contributed by atoms with E-state index in [1.807, 2.05) is 23.6 Å². The fourth-order valence-electron chi connectivity index (χ4n) is 2.36. The standard InChI is InChI=1S/C16H14N4O3S/c1-10(20-6-2-5-17-20)15(21)19-16-18-12(8-24-16)11-3-4-13-14(7-11)23-9-22-13/h2-8,10H,9H2,1H3,(H,18,19,21). The number of ether oxygens (including phenoxy) is 2. The second kappa shape index (κ2) is 5.97. The van der Waals surface area contributed by atoms with Gasteiger partial charge in [-0.3, -0.25) is 9.48 Å². The molecule has 0 saturated heterocycles. The highest BCUT2D eigenvalue weighted by Gasteiger charge is 2.18. The highest BCUT2D eigenvalue weighted by Crippen LogP contribution is 2.36. The van der Waals surface area contributed by atoms with Gasteiger partial charge in [-0.25, -0.2) is 4.98 Å². The molecule has 3 heterocycles. The van der Waals surface area contributed by atoms with E-state index in [9.17, 15) is 4.79 Å². The zero-order chi connectivity index (χ0) is 16.5. The number of anilines is 1. The van der Waals surface area contributed by atoms with Crippen LogP contribution in [0.4, 0.5) is 5.13 Å². The Morgan fingerprint density at radius 3 is 3.08 bits per heavy atom. The van der Waals surface area contributed by atoms with Crippen LogP contribution in [-0.2, 0) is 4.79 Å². The van der Waals surface area contributed by atoms with E-state index in [2.05, 4.69) is 15.4 Å². The first-order chi connectivity index (χ1) is 11.7. The topological polar surface area (TPSA) is 78.3 Å². The third-order valence-electron chi connectivity index (χ3n) is 3.70. The molecule has 0 spiro atoms. The first-order valence-electron chi connectivity index (χ1n) is 7.36. The Hall–Kier alpha value is -2.87. The normalized spacial score (nSPS) is 13.7. The molecule has 0 fully saturated rings. The number of hydrogen-bond donors (Lipinski definition) is 1. The van der Waals surface area contributed by atoms with Crippen molar-refractivity contribution in [3.63, 3.8) is 0 Å². The van der Waals surface area contributed by atoms with E-state index in [0.29, 0.717) is 10.9 Å². The van der Waals surface area contributed by atoms with Crippen molar-refractivity contribution in [2.24, 2.45) is 0 Å². The minimum absolute atomic E-state index is 0.162. The summed E-state index contributed by atoms with van der Waals surface area (Å²) in [5, 5.41) is 9.34. The Morgan fingerprint density at radius 1 is 1.38 bits per heavy atom. The molecule has 0 aliphatic carbocycles. The molecule has 2 aromatic heterocycles. The van der Waals surface area contributed by atoms with Crippen molar-refractivity contribution in [1.29, 1.82) is 0 Å². The molecular weight excluding hydrogens is 328 g/mol. The lowest BCUT2D eigenvalue weighted by Gasteiger charge is -2.10. The predicted octanol–water partition coefficient (Wildman–Crippen LogP) is 2.94. The Morgan fingerprint density at radius 2 is 2.25 bits per heavy atom. The fraction of sp³-hybridized carbons (Fsp3) is 0.188. The Labute approximate surface area is 141 Å². The quantitative estimate of drug-likeness (QED) is 0.789. The van der Waals surface area contributed by atoms with Crippen molar-refractivity contribution in [3.8, 4) is 22.8 Å². The minimum Gasteiger partial charge on any atom is -0.454 e. The number of carbonyl (C=O) groups excluding carboxylic acids is 1. The lowest BCUT2D eigenvalue weighted by molar-refractivity contribution is -0.119. The molecule has 4 rings (SSSR count). The van der Waals surface area contributed by atoms with E-state index >= 15 is 0 Å². The Balaban J connectivity index is 1.50. The molecule has 1 aliphatic rings. The van der Waals surface area contributed by atoms with Gasteiger partial charge in [0.2, 0.25) is 6.79 Å². The summed E-state index contributed by atoms with van der Waals surface area (Å²) < 4.78 is 12.3. The van der Waals surface area contributed by atoms with Gasteiger partial charge in [0.25, 0.3) is 5.91 Å². The fourth-order valence-corrected chi connectivity index (χ4v) is 3.08. The number of aromatic nitrogens is 3. The third kappa shape index (κ3) is 2.71. The smallest absolute Gasteiger partial charge is 0.250 e. The van der Waals surface area contributed by atoms with Gasteiger partial charge < -0.3 is 14.8 Å². The van der Waals surface area contributed by atoms with Gasteiger partial charge in [-0.15, -0.1) is 11.3 Å². The van der Waals surface area contributed by atoms with Crippen LogP contribution in [0.5, 0.6) is 11.5 Å². The summed E-state index contributed by atoms with van der Waals surface area (Å²) in [5.41, 5.74) is 1.69. The van der Waals surface area contributed by atoms with Crippen LogP contribution in [0.15, 0.2) is 42.0 Å². The van der Waals surface area contributed by atoms with Gasteiger partial charge >= 0.3 is 0 Å². The number of nitrogens with one attached hydrogen (secondary N) is 1. The number of nitrogens with zero attached hydrogens (tertiary/aromatic N) is 3. The average Bonchev–Trinajstić information content (AvgIpc) is 3.34. The summed E-state index contributed by atoms with van der Waals surface area (Å²) in [6.07, 6.45) is 3.40. The molecular formula is C16H14N4O3S. The van der Waals surface area contributed by atoms with Crippen LogP contribution in [-0.4, -0.2) is 27.5 Å². The molecule has 1 aliphatic heterocycles. The van der Waals surface area contributed by atoms with Crippen LogP contribution >= 0.6 is 11.3 Å². The molecule has 122 valence electrons. The van der Waals surface area contributed by atoms with Crippen LogP contribution in [0.2, 0.25) is 0 Å². The summed E-state index contributed by atoms with van der Waals surface area (Å²) >= 11 is 1.38. The van der Waals surface area contributed by atoms with Crippen LogP contribution in [0.25, 0.3) is 11.3 Å². The van der Waals surface area contributed by atoms with Gasteiger partial charge in [0.05, 0.1) is 5.69 Å². The molecule has 7 nitrogen and oxygen atoms in total. The molecule has 3 aromatic rings. The van der Waals surface area contributed by atoms with Crippen LogP contribution < -0.4 is 14.8 Å². The summed E-state index contributed by atoms with van der Waals surface area (Å²) in [6, 6.07) is 7.04. The van der Waals surface area contributed by atoms with Crippen molar-refractivity contribution < 1.29 is 14.3 Å². The first-order valence-corrected chi connectivity index (χ1v) is 8.24. The molecule has 1 unspecified atom stereocenters. The van der Waals surface area contributed by atoms with Gasteiger partial charge in [-0.1, -0.05) is 0 Å². The molecule has 0 radical (unpaired) electrons. The summed E-state index contributed by atoms with van der Waals surface area (Å²) in [6.45, 7) is 2.02. The molecule has 0 bridgehead atoms. The summed E-state index contributed by atoms with van der Waals surface area (Å²) in [4.78, 5) is 16.7. The van der Waals surface area contributed by atoms with E-state index in [1.165, 1.54) is 11.3 Å². The third-order valence-corrected chi connectivity index (χ3v) is 4.46. The summed E-state index contributed by atoms with van der Waals surface area (Å²) in [7, 11) is 0. The van der Waals surface area contributed by atoms with Gasteiger partial charge in [-0.05, 0) is 31.2 Å². The molecule has 1 amide bonds. The van der Waals surface area contributed by atoms with Gasteiger partial charge in [0.15, 0.2) is 16.6 Å². The SMILES string of the molecule is CC(C(=O)Nc1nc(-c2ccc3c(c2)OCO3)cs1)n1cccn1. The van der Waals surface area contributed by atoms with Gasteiger partial charge in [0.1, 0.15) is 6.04 Å². The lowest BCUT2D eigenvalue weighted by Crippen LogP contribution is -2.23. The highest BCUT2D eigenvalue weighted by molar-refractivity contribution is 7.14. The Bertz CT molecular complexity index is 875. The Kier molecular flexibility index (Phi) is 3.66. The number of fused-ring (bicyclic) bond motifs is 1. The number of hydrogen-bond acceptors (Lipinski definition) is 6. The molecule has 1 N–H and O–H groups in total. The number of thiazole rings is 1. The molecule has 1 atom stereocenters. The van der Waals surface area contributed by atoms with E-state index in [1.54, 1.807) is 30.1 Å². The number of carbonyl (C=O) groups is 1. The zero-order valence-electron chi connectivity index (χ0n) is 12.8. The van der Waals surface area contributed by atoms with Crippen molar-refractivity contribution in [2.75, 3.05) is 12.1 Å². The van der Waals surface area contributed by atoms with E-state index in [0.717, 1.165) is 17.0 Å².